The van der Waals surface area contributed by atoms with Gasteiger partial charge in [0.15, 0.2) is 0 Å². The largest absolute Gasteiger partial charge is 0.496 e. The lowest BCUT2D eigenvalue weighted by Gasteiger charge is -2.25. The second-order valence-electron chi connectivity index (χ2n) is 11.1. The number of carbonyl (C=O) groups is 1. The van der Waals surface area contributed by atoms with Gasteiger partial charge in [-0.25, -0.2) is 0 Å². The fourth-order valence-corrected chi connectivity index (χ4v) is 6.90. The van der Waals surface area contributed by atoms with E-state index in [1.807, 2.05) is 25.3 Å². The van der Waals surface area contributed by atoms with Crippen molar-refractivity contribution in [3.8, 4) is 0 Å². The van der Waals surface area contributed by atoms with Crippen LogP contribution in [-0.2, 0) is 9.53 Å². The van der Waals surface area contributed by atoms with Crippen LogP contribution in [-0.4, -0.2) is 59.6 Å². The molecule has 0 aliphatic carbocycles. The summed E-state index contributed by atoms with van der Waals surface area (Å²) in [6.07, 6.45) is 16.2. The van der Waals surface area contributed by atoms with E-state index < -0.39 is 0 Å². The van der Waals surface area contributed by atoms with Gasteiger partial charge in [-0.05, 0) is 70.5 Å². The average Bonchev–Trinajstić information content (AvgIpc) is 3.07. The number of aromatic nitrogens is 1. The van der Waals surface area contributed by atoms with Crippen molar-refractivity contribution >= 4 is 45.1 Å². The van der Waals surface area contributed by atoms with Gasteiger partial charge in [-0.15, -0.1) is 0 Å². The molecule has 1 fully saturated rings. The Hall–Kier alpha value is -1.76. The molecular weight excluding hydrogens is 526 g/mol. The predicted molar refractivity (Wildman–Crippen MR) is 167 cm³/mol. The van der Waals surface area contributed by atoms with Crippen molar-refractivity contribution in [2.45, 2.75) is 89.7 Å². The van der Waals surface area contributed by atoms with Gasteiger partial charge in [0.2, 0.25) is 5.12 Å². The van der Waals surface area contributed by atoms with E-state index in [0.717, 1.165) is 54.5 Å². The third-order valence-corrected chi connectivity index (χ3v) is 9.39. The molecule has 0 spiro atoms. The van der Waals surface area contributed by atoms with Crippen molar-refractivity contribution < 1.29 is 9.53 Å². The molecule has 1 unspecified atom stereocenters. The number of pyridine rings is 1. The molecule has 2 aromatic rings. The summed E-state index contributed by atoms with van der Waals surface area (Å²) in [6, 6.07) is 8.19. The molecule has 5 nitrogen and oxygen atoms in total. The van der Waals surface area contributed by atoms with Gasteiger partial charge < -0.3 is 14.5 Å². The van der Waals surface area contributed by atoms with E-state index in [0.29, 0.717) is 0 Å². The van der Waals surface area contributed by atoms with Crippen LogP contribution >= 0.6 is 23.4 Å². The first-order valence-electron chi connectivity index (χ1n) is 15.1. The summed E-state index contributed by atoms with van der Waals surface area (Å²) in [7, 11) is 0. The summed E-state index contributed by atoms with van der Waals surface area (Å²) in [5, 5.41) is 2.30. The molecule has 7 heteroatoms. The topological polar surface area (TPSA) is 45.7 Å². The SMILES string of the molecule is CC1=C(OCCCCCCCCCCCCN2CCCN(c3ccnc4cc(Cl)ccc34)CC2)C(C)SC1=O. The quantitative estimate of drug-likeness (QED) is 0.200. The lowest BCUT2D eigenvalue weighted by Crippen LogP contribution is -2.31. The minimum atomic E-state index is 0.174. The number of unbranched alkanes of at least 4 members (excludes halogenated alkanes) is 9. The standard InChI is InChI=1S/C32H46ClN3O2S/c1-25-31(26(2)39-32(25)37)38-23-12-10-8-6-4-3-5-7-9-11-18-35-19-13-20-36(22-21-35)30-16-17-34-29-24-27(33)14-15-28(29)30/h14-17,24,26H,3-13,18-23H2,1-2H3. The van der Waals surface area contributed by atoms with E-state index in [-0.39, 0.29) is 10.4 Å². The van der Waals surface area contributed by atoms with E-state index >= 15 is 0 Å². The van der Waals surface area contributed by atoms with Crippen molar-refractivity contribution in [1.29, 1.82) is 0 Å². The minimum absolute atomic E-state index is 0.174. The highest BCUT2D eigenvalue weighted by Gasteiger charge is 2.28. The third-order valence-electron chi connectivity index (χ3n) is 8.07. The summed E-state index contributed by atoms with van der Waals surface area (Å²) in [5.74, 6) is 0.910. The van der Waals surface area contributed by atoms with Crippen LogP contribution in [0.1, 0.15) is 84.5 Å². The Labute approximate surface area is 244 Å². The fraction of sp³-hybridized carbons (Fsp3) is 0.625. The summed E-state index contributed by atoms with van der Waals surface area (Å²) < 4.78 is 5.90. The van der Waals surface area contributed by atoms with Crippen molar-refractivity contribution in [1.82, 2.24) is 9.88 Å². The second-order valence-corrected chi connectivity index (χ2v) is 12.8. The minimum Gasteiger partial charge on any atom is -0.496 e. The first-order chi connectivity index (χ1) is 19.0. The molecule has 2 aliphatic rings. The molecule has 4 rings (SSSR count). The number of anilines is 1. The molecule has 0 saturated carbocycles. The molecule has 0 N–H and O–H groups in total. The number of hydrogen-bond acceptors (Lipinski definition) is 6. The maximum absolute atomic E-state index is 11.7. The maximum atomic E-state index is 11.7. The monoisotopic (exact) mass is 571 g/mol. The number of carbonyl (C=O) groups excluding carboxylic acids is 1. The Bertz CT molecular complexity index is 1110. The Kier molecular flexibility index (Phi) is 12.3. The normalized spacial score (nSPS) is 18.8. The van der Waals surface area contributed by atoms with Crippen LogP contribution in [0.25, 0.3) is 10.9 Å². The Morgan fingerprint density at radius 3 is 2.38 bits per heavy atom. The summed E-state index contributed by atoms with van der Waals surface area (Å²) in [6.45, 7) is 10.4. The smallest absolute Gasteiger partial charge is 0.219 e. The van der Waals surface area contributed by atoms with Crippen LogP contribution < -0.4 is 4.90 Å². The molecule has 214 valence electrons. The lowest BCUT2D eigenvalue weighted by molar-refractivity contribution is -0.107. The first-order valence-corrected chi connectivity index (χ1v) is 16.3. The average molecular weight is 572 g/mol. The van der Waals surface area contributed by atoms with Crippen LogP contribution in [0.2, 0.25) is 5.02 Å². The molecule has 39 heavy (non-hydrogen) atoms. The fourth-order valence-electron chi connectivity index (χ4n) is 5.78. The van der Waals surface area contributed by atoms with Crippen molar-refractivity contribution in [2.24, 2.45) is 0 Å². The molecule has 3 heterocycles. The van der Waals surface area contributed by atoms with Crippen LogP contribution in [0, 0.1) is 0 Å². The molecule has 0 radical (unpaired) electrons. The van der Waals surface area contributed by atoms with Gasteiger partial charge in [0, 0.05) is 47.5 Å². The maximum Gasteiger partial charge on any atom is 0.219 e. The predicted octanol–water partition coefficient (Wildman–Crippen LogP) is 8.25. The number of halogens is 1. The van der Waals surface area contributed by atoms with Crippen molar-refractivity contribution in [3.63, 3.8) is 0 Å². The molecule has 1 atom stereocenters. The highest BCUT2D eigenvalue weighted by atomic mass is 35.5. The number of hydrogen-bond donors (Lipinski definition) is 0. The Morgan fingerprint density at radius 2 is 1.67 bits per heavy atom. The summed E-state index contributed by atoms with van der Waals surface area (Å²) in [4.78, 5) is 21.4. The van der Waals surface area contributed by atoms with Crippen LogP contribution in [0.3, 0.4) is 0 Å². The number of benzene rings is 1. The molecule has 1 aromatic heterocycles. The number of nitrogens with zero attached hydrogens (tertiary/aromatic N) is 3. The van der Waals surface area contributed by atoms with Crippen molar-refractivity contribution in [2.75, 3.05) is 44.2 Å². The number of ether oxygens (including phenoxy) is 1. The Morgan fingerprint density at radius 1 is 0.949 bits per heavy atom. The zero-order chi connectivity index (χ0) is 27.5. The van der Waals surface area contributed by atoms with E-state index in [1.165, 1.54) is 100 Å². The third kappa shape index (κ3) is 9.12. The molecule has 0 bridgehead atoms. The molecule has 2 aliphatic heterocycles. The van der Waals surface area contributed by atoms with Gasteiger partial charge in [0.1, 0.15) is 5.76 Å². The van der Waals surface area contributed by atoms with E-state index in [4.69, 9.17) is 16.3 Å². The zero-order valence-electron chi connectivity index (χ0n) is 23.9. The van der Waals surface area contributed by atoms with Crippen LogP contribution in [0.4, 0.5) is 5.69 Å². The molecule has 1 saturated heterocycles. The van der Waals surface area contributed by atoms with Gasteiger partial charge in [0.05, 0.1) is 17.4 Å². The zero-order valence-corrected chi connectivity index (χ0v) is 25.5. The van der Waals surface area contributed by atoms with Gasteiger partial charge in [0.25, 0.3) is 0 Å². The van der Waals surface area contributed by atoms with Gasteiger partial charge in [-0.2, -0.15) is 0 Å². The molecule has 1 aromatic carbocycles. The highest BCUT2D eigenvalue weighted by molar-refractivity contribution is 8.15. The van der Waals surface area contributed by atoms with Gasteiger partial charge in [-0.1, -0.05) is 74.7 Å². The van der Waals surface area contributed by atoms with E-state index in [9.17, 15) is 4.79 Å². The summed E-state index contributed by atoms with van der Waals surface area (Å²) in [5.41, 5.74) is 3.08. The summed E-state index contributed by atoms with van der Waals surface area (Å²) >= 11 is 7.56. The second kappa shape index (κ2) is 15.9. The molecule has 0 amide bonds. The highest BCUT2D eigenvalue weighted by Crippen LogP contribution is 2.34. The van der Waals surface area contributed by atoms with Crippen molar-refractivity contribution in [3.05, 3.63) is 46.8 Å². The Balaban J connectivity index is 0.998. The first kappa shape index (κ1) is 30.2. The van der Waals surface area contributed by atoms with Gasteiger partial charge >= 0.3 is 0 Å². The van der Waals surface area contributed by atoms with E-state index in [2.05, 4.69) is 33.8 Å². The lowest BCUT2D eigenvalue weighted by atomic mass is 10.1. The van der Waals surface area contributed by atoms with Gasteiger partial charge in [-0.3, -0.25) is 9.78 Å². The number of rotatable bonds is 15. The van der Waals surface area contributed by atoms with Crippen LogP contribution in [0.15, 0.2) is 41.8 Å². The molecular formula is C32H46ClN3O2S. The van der Waals surface area contributed by atoms with E-state index in [1.54, 1.807) is 0 Å². The van der Waals surface area contributed by atoms with Crippen LogP contribution in [0.5, 0.6) is 0 Å². The number of thioether (sulfide) groups is 1. The number of fused-ring (bicyclic) bond motifs is 1.